The second-order valence-electron chi connectivity index (χ2n) is 1.04. The van der Waals surface area contributed by atoms with E-state index in [2.05, 4.69) is 9.97 Å². The van der Waals surface area contributed by atoms with Gasteiger partial charge in [-0.1, -0.05) is 11.6 Å². The summed E-state index contributed by atoms with van der Waals surface area (Å²) in [6, 6.07) is 0. The van der Waals surface area contributed by atoms with E-state index < -0.39 is 0 Å². The van der Waals surface area contributed by atoms with Crippen molar-refractivity contribution < 1.29 is 5.11 Å². The van der Waals surface area contributed by atoms with Crippen molar-refractivity contribution in [2.45, 2.75) is 0 Å². The molecule has 0 radical (unpaired) electrons. The van der Waals surface area contributed by atoms with Gasteiger partial charge in [-0.05, 0) is 0 Å². The van der Waals surface area contributed by atoms with E-state index in [0.717, 1.165) is 0 Å². The van der Waals surface area contributed by atoms with Gasteiger partial charge in [0.1, 0.15) is 0 Å². The van der Waals surface area contributed by atoms with Crippen molar-refractivity contribution in [3.8, 4) is 5.88 Å². The average Bonchev–Trinajstić information content (AvgIpc) is 1.91. The van der Waals surface area contributed by atoms with Crippen LogP contribution >= 0.6 is 11.6 Å². The van der Waals surface area contributed by atoms with Gasteiger partial charge in [0.15, 0.2) is 5.15 Å². The number of H-pyrrole nitrogens is 1. The van der Waals surface area contributed by atoms with Gasteiger partial charge in [0.25, 0.3) is 0 Å². The van der Waals surface area contributed by atoms with Gasteiger partial charge >= 0.3 is 0 Å². The molecule has 0 unspecified atom stereocenters. The van der Waals surface area contributed by atoms with Crippen LogP contribution in [-0.4, -0.2) is 15.1 Å². The lowest BCUT2D eigenvalue weighted by Gasteiger charge is -1.75. The van der Waals surface area contributed by atoms with Crippen LogP contribution in [0.4, 0.5) is 0 Å². The van der Waals surface area contributed by atoms with E-state index in [4.69, 9.17) is 16.7 Å². The van der Waals surface area contributed by atoms with Crippen molar-refractivity contribution in [2.24, 2.45) is 0 Å². The third-order valence-corrected chi connectivity index (χ3v) is 0.853. The summed E-state index contributed by atoms with van der Waals surface area (Å²) in [5, 5.41) is 8.67. The standard InChI is InChI=1S/C3H3ClN2O/c4-2-3(7)6-1-5-2/h1,7H,(H,5,6). The molecular weight excluding hydrogens is 115 g/mol. The molecule has 1 heterocycles. The molecular formula is C3H3ClN2O. The minimum absolute atomic E-state index is 0.151. The molecule has 0 aliphatic rings. The van der Waals surface area contributed by atoms with Gasteiger partial charge in [0, 0.05) is 0 Å². The van der Waals surface area contributed by atoms with Crippen LogP contribution in [0.25, 0.3) is 0 Å². The van der Waals surface area contributed by atoms with Gasteiger partial charge in [-0.3, -0.25) is 0 Å². The smallest absolute Gasteiger partial charge is 0.248 e. The van der Waals surface area contributed by atoms with Crippen LogP contribution in [0.2, 0.25) is 5.15 Å². The largest absolute Gasteiger partial charge is 0.491 e. The Morgan fingerprint density at radius 2 is 2.57 bits per heavy atom. The SMILES string of the molecule is Oc1nc[nH]c1Cl. The lowest BCUT2D eigenvalue weighted by atomic mass is 10.9. The third-order valence-electron chi connectivity index (χ3n) is 0.574. The first-order valence-electron chi connectivity index (χ1n) is 1.68. The summed E-state index contributed by atoms with van der Waals surface area (Å²) in [6.45, 7) is 0. The number of aromatic hydroxyl groups is 1. The zero-order valence-electron chi connectivity index (χ0n) is 3.35. The average molecular weight is 119 g/mol. The van der Waals surface area contributed by atoms with Crippen molar-refractivity contribution >= 4 is 11.6 Å². The Labute approximate surface area is 45.0 Å². The third kappa shape index (κ3) is 0.667. The molecule has 0 fully saturated rings. The lowest BCUT2D eigenvalue weighted by molar-refractivity contribution is 0.457. The van der Waals surface area contributed by atoms with E-state index in [1.165, 1.54) is 6.33 Å². The van der Waals surface area contributed by atoms with Gasteiger partial charge in [-0.25, -0.2) is 4.98 Å². The zero-order chi connectivity index (χ0) is 5.28. The number of aromatic amines is 1. The van der Waals surface area contributed by atoms with E-state index in [-0.39, 0.29) is 11.0 Å². The molecule has 7 heavy (non-hydrogen) atoms. The molecule has 3 nitrogen and oxygen atoms in total. The number of rotatable bonds is 0. The summed E-state index contributed by atoms with van der Waals surface area (Å²) in [4.78, 5) is 5.86. The highest BCUT2D eigenvalue weighted by Crippen LogP contribution is 2.14. The van der Waals surface area contributed by atoms with Crippen LogP contribution < -0.4 is 0 Å². The van der Waals surface area contributed by atoms with E-state index in [0.29, 0.717) is 0 Å². The van der Waals surface area contributed by atoms with Crippen LogP contribution in [0.15, 0.2) is 6.33 Å². The topological polar surface area (TPSA) is 48.9 Å². The highest BCUT2D eigenvalue weighted by Gasteiger charge is 1.94. The molecule has 0 saturated heterocycles. The Morgan fingerprint density at radius 3 is 2.71 bits per heavy atom. The number of halogens is 1. The molecule has 1 aromatic heterocycles. The quantitative estimate of drug-likeness (QED) is 0.529. The highest BCUT2D eigenvalue weighted by molar-refractivity contribution is 6.30. The molecule has 0 spiro atoms. The summed E-state index contributed by atoms with van der Waals surface area (Å²) in [5.74, 6) is -0.151. The molecule has 0 aliphatic carbocycles. The van der Waals surface area contributed by atoms with Gasteiger partial charge < -0.3 is 10.1 Å². The number of hydrogen-bond acceptors (Lipinski definition) is 2. The summed E-state index contributed by atoms with van der Waals surface area (Å²) in [5.41, 5.74) is 0. The van der Waals surface area contributed by atoms with Crippen LogP contribution in [0, 0.1) is 0 Å². The maximum Gasteiger partial charge on any atom is 0.248 e. The number of hydrogen-bond donors (Lipinski definition) is 2. The number of aromatic nitrogens is 2. The molecule has 0 amide bonds. The zero-order valence-corrected chi connectivity index (χ0v) is 4.11. The van der Waals surface area contributed by atoms with Crippen molar-refractivity contribution in [3.63, 3.8) is 0 Å². The van der Waals surface area contributed by atoms with Crippen molar-refractivity contribution in [3.05, 3.63) is 11.5 Å². The summed E-state index contributed by atoms with van der Waals surface area (Å²) >= 11 is 5.26. The summed E-state index contributed by atoms with van der Waals surface area (Å²) in [6.07, 6.45) is 1.32. The molecule has 38 valence electrons. The fourth-order valence-corrected chi connectivity index (χ4v) is 0.369. The minimum Gasteiger partial charge on any atom is -0.491 e. The predicted molar refractivity (Wildman–Crippen MR) is 25.3 cm³/mol. The van der Waals surface area contributed by atoms with E-state index >= 15 is 0 Å². The van der Waals surface area contributed by atoms with Crippen LogP contribution in [0.3, 0.4) is 0 Å². The second-order valence-corrected chi connectivity index (χ2v) is 1.42. The minimum atomic E-state index is -0.151. The molecule has 0 aliphatic heterocycles. The van der Waals surface area contributed by atoms with Gasteiger partial charge in [-0.2, -0.15) is 0 Å². The normalized spacial score (nSPS) is 9.29. The first kappa shape index (κ1) is 4.46. The molecule has 2 N–H and O–H groups in total. The molecule has 0 aromatic carbocycles. The Morgan fingerprint density at radius 1 is 1.86 bits per heavy atom. The van der Waals surface area contributed by atoms with Crippen LogP contribution in [0.5, 0.6) is 5.88 Å². The molecule has 1 rings (SSSR count). The van der Waals surface area contributed by atoms with Crippen LogP contribution in [0.1, 0.15) is 0 Å². The van der Waals surface area contributed by atoms with E-state index in [9.17, 15) is 0 Å². The van der Waals surface area contributed by atoms with Gasteiger partial charge in [0.05, 0.1) is 6.33 Å². The Kier molecular flexibility index (Phi) is 0.906. The van der Waals surface area contributed by atoms with E-state index in [1.807, 2.05) is 0 Å². The molecule has 0 bridgehead atoms. The van der Waals surface area contributed by atoms with Crippen molar-refractivity contribution in [2.75, 3.05) is 0 Å². The first-order chi connectivity index (χ1) is 3.30. The Hall–Kier alpha value is -0.700. The maximum absolute atomic E-state index is 8.48. The fourth-order valence-electron chi connectivity index (χ4n) is 0.271. The molecule has 0 atom stereocenters. The maximum atomic E-state index is 8.48. The number of imidazole rings is 1. The van der Waals surface area contributed by atoms with Gasteiger partial charge in [0.2, 0.25) is 5.88 Å². The number of nitrogens with zero attached hydrogens (tertiary/aromatic N) is 1. The molecule has 0 saturated carbocycles. The molecule has 1 aromatic rings. The first-order valence-corrected chi connectivity index (χ1v) is 2.06. The summed E-state index contributed by atoms with van der Waals surface area (Å²) < 4.78 is 0. The van der Waals surface area contributed by atoms with Crippen LogP contribution in [-0.2, 0) is 0 Å². The Balaban J connectivity index is 3.12. The fraction of sp³-hybridized carbons (Fsp3) is 0. The lowest BCUT2D eigenvalue weighted by Crippen LogP contribution is -1.57. The molecule has 4 heteroatoms. The number of nitrogens with one attached hydrogen (secondary N) is 1. The van der Waals surface area contributed by atoms with Gasteiger partial charge in [-0.15, -0.1) is 0 Å². The van der Waals surface area contributed by atoms with Crippen molar-refractivity contribution in [1.82, 2.24) is 9.97 Å². The predicted octanol–water partition coefficient (Wildman–Crippen LogP) is 0.769. The van der Waals surface area contributed by atoms with E-state index in [1.54, 1.807) is 0 Å². The van der Waals surface area contributed by atoms with Crippen molar-refractivity contribution in [1.29, 1.82) is 0 Å². The second kappa shape index (κ2) is 1.42. The summed E-state index contributed by atoms with van der Waals surface area (Å²) in [7, 11) is 0. The monoisotopic (exact) mass is 118 g/mol. The highest BCUT2D eigenvalue weighted by atomic mass is 35.5. The Bertz CT molecular complexity index is 145.